The maximum Gasteiger partial charge on any atom is 0.272 e. The molecule has 8 nitrogen and oxygen atoms in total. The van der Waals surface area contributed by atoms with Crippen LogP contribution in [0.3, 0.4) is 0 Å². The van der Waals surface area contributed by atoms with Crippen LogP contribution in [-0.2, 0) is 13.6 Å². The maximum atomic E-state index is 12.2. The van der Waals surface area contributed by atoms with Gasteiger partial charge in [-0.2, -0.15) is 5.10 Å². The van der Waals surface area contributed by atoms with E-state index in [-0.39, 0.29) is 11.9 Å². The quantitative estimate of drug-likeness (QED) is 0.814. The third-order valence-corrected chi connectivity index (χ3v) is 2.86. The van der Waals surface area contributed by atoms with Gasteiger partial charge >= 0.3 is 0 Å². The summed E-state index contributed by atoms with van der Waals surface area (Å²) in [6.45, 7) is 4.32. The molecule has 0 radical (unpaired) electrons. The van der Waals surface area contributed by atoms with Gasteiger partial charge in [-0.3, -0.25) is 9.48 Å². The van der Waals surface area contributed by atoms with Crippen LogP contribution in [0.25, 0.3) is 0 Å². The Kier molecular flexibility index (Phi) is 3.50. The molecule has 102 valence electrons. The zero-order valence-corrected chi connectivity index (χ0v) is 11.2. The van der Waals surface area contributed by atoms with Gasteiger partial charge in [-0.15, -0.1) is 10.2 Å². The molecule has 0 fully saturated rings. The van der Waals surface area contributed by atoms with E-state index in [0.717, 1.165) is 0 Å². The molecule has 0 aliphatic rings. The second kappa shape index (κ2) is 5.09. The third-order valence-electron chi connectivity index (χ3n) is 2.86. The highest BCUT2D eigenvalue weighted by molar-refractivity contribution is 5.97. The predicted octanol–water partition coefficient (Wildman–Crippen LogP) is 0.105. The molecule has 0 aromatic carbocycles. The Balaban J connectivity index is 2.17. The highest BCUT2D eigenvalue weighted by Crippen LogP contribution is 2.13. The fourth-order valence-corrected chi connectivity index (χ4v) is 1.90. The number of aryl methyl sites for hydroxylation is 2. The zero-order chi connectivity index (χ0) is 14.0. The molecule has 19 heavy (non-hydrogen) atoms. The number of nitrogens with two attached hydrogens (primary N) is 1. The van der Waals surface area contributed by atoms with Gasteiger partial charge in [-0.05, 0) is 13.8 Å². The van der Waals surface area contributed by atoms with Gasteiger partial charge in [0.2, 0.25) is 0 Å². The number of rotatable bonds is 4. The van der Waals surface area contributed by atoms with Gasteiger partial charge < -0.3 is 15.6 Å². The van der Waals surface area contributed by atoms with Crippen LogP contribution in [-0.4, -0.2) is 30.5 Å². The topological polar surface area (TPSA) is 104 Å². The van der Waals surface area contributed by atoms with Gasteiger partial charge in [0.25, 0.3) is 5.91 Å². The third kappa shape index (κ3) is 2.42. The van der Waals surface area contributed by atoms with E-state index in [1.807, 2.05) is 20.9 Å². The first kappa shape index (κ1) is 13.1. The fourth-order valence-electron chi connectivity index (χ4n) is 1.90. The van der Waals surface area contributed by atoms with E-state index in [0.29, 0.717) is 23.8 Å². The van der Waals surface area contributed by atoms with E-state index in [1.54, 1.807) is 15.6 Å². The molecule has 0 aliphatic carbocycles. The molecule has 2 rings (SSSR count). The molecule has 1 amide bonds. The Morgan fingerprint density at radius 1 is 1.58 bits per heavy atom. The summed E-state index contributed by atoms with van der Waals surface area (Å²) in [5.41, 5.74) is 6.50. The van der Waals surface area contributed by atoms with Gasteiger partial charge in [0.1, 0.15) is 12.0 Å². The van der Waals surface area contributed by atoms with Crippen LogP contribution in [0, 0.1) is 0 Å². The number of carbonyl (C=O) groups is 1. The van der Waals surface area contributed by atoms with Crippen LogP contribution < -0.4 is 11.1 Å². The number of nitrogens with zero attached hydrogens (tertiary/aromatic N) is 5. The molecule has 3 N–H and O–H groups in total. The number of aromatic nitrogens is 5. The fraction of sp³-hybridized carbons (Fsp3) is 0.455. The van der Waals surface area contributed by atoms with Crippen molar-refractivity contribution in [2.45, 2.75) is 26.4 Å². The Morgan fingerprint density at radius 3 is 2.89 bits per heavy atom. The van der Waals surface area contributed by atoms with Crippen molar-refractivity contribution in [3.05, 3.63) is 24.0 Å². The highest BCUT2D eigenvalue weighted by Gasteiger charge is 2.20. The van der Waals surface area contributed by atoms with Crippen molar-refractivity contribution in [1.29, 1.82) is 0 Å². The van der Waals surface area contributed by atoms with Crippen LogP contribution in [0.15, 0.2) is 12.5 Å². The molecule has 2 aromatic heterocycles. The van der Waals surface area contributed by atoms with Gasteiger partial charge in [-0.1, -0.05) is 0 Å². The lowest BCUT2D eigenvalue weighted by atomic mass is 10.2. The van der Waals surface area contributed by atoms with E-state index in [1.165, 1.54) is 6.20 Å². The predicted molar refractivity (Wildman–Crippen MR) is 69.2 cm³/mol. The molecule has 8 heteroatoms. The smallest absolute Gasteiger partial charge is 0.272 e. The van der Waals surface area contributed by atoms with Crippen molar-refractivity contribution in [2.24, 2.45) is 7.05 Å². The molecule has 0 saturated heterocycles. The number of hydrogen-bond donors (Lipinski definition) is 2. The molecule has 0 spiro atoms. The van der Waals surface area contributed by atoms with Gasteiger partial charge in [0, 0.05) is 13.6 Å². The average molecular weight is 263 g/mol. The minimum atomic E-state index is -0.271. The maximum absolute atomic E-state index is 12.2. The Hall–Kier alpha value is -2.38. The number of amides is 1. The summed E-state index contributed by atoms with van der Waals surface area (Å²) >= 11 is 0. The summed E-state index contributed by atoms with van der Waals surface area (Å²) in [5.74, 6) is 0.404. The number of carbonyl (C=O) groups excluding carboxylic acids is 1. The van der Waals surface area contributed by atoms with E-state index in [4.69, 9.17) is 5.73 Å². The van der Waals surface area contributed by atoms with E-state index in [9.17, 15) is 4.79 Å². The summed E-state index contributed by atoms with van der Waals surface area (Å²) in [6, 6.07) is -0.264. The minimum Gasteiger partial charge on any atom is -0.396 e. The summed E-state index contributed by atoms with van der Waals surface area (Å²) in [6.07, 6.45) is 3.06. The number of hydrogen-bond acceptors (Lipinski definition) is 5. The monoisotopic (exact) mass is 263 g/mol. The molecular formula is C11H17N7O. The highest BCUT2D eigenvalue weighted by atomic mass is 16.2. The first-order chi connectivity index (χ1) is 9.04. The Morgan fingerprint density at radius 2 is 2.32 bits per heavy atom. The largest absolute Gasteiger partial charge is 0.396 e. The summed E-state index contributed by atoms with van der Waals surface area (Å²) in [7, 11) is 1.82. The van der Waals surface area contributed by atoms with Crippen molar-refractivity contribution in [3.8, 4) is 0 Å². The minimum absolute atomic E-state index is 0.264. The van der Waals surface area contributed by atoms with Crippen molar-refractivity contribution in [1.82, 2.24) is 29.9 Å². The van der Waals surface area contributed by atoms with Crippen LogP contribution in [0.4, 0.5) is 5.69 Å². The summed E-state index contributed by atoms with van der Waals surface area (Å²) in [5, 5.41) is 14.6. The van der Waals surface area contributed by atoms with E-state index in [2.05, 4.69) is 20.6 Å². The molecule has 2 aromatic rings. The molecule has 1 unspecified atom stereocenters. The second-order valence-corrected chi connectivity index (χ2v) is 4.26. The Labute approximate surface area is 110 Å². The van der Waals surface area contributed by atoms with Crippen molar-refractivity contribution in [3.63, 3.8) is 0 Å². The van der Waals surface area contributed by atoms with Crippen LogP contribution in [0.2, 0.25) is 0 Å². The normalized spacial score (nSPS) is 12.4. The summed E-state index contributed by atoms with van der Waals surface area (Å²) < 4.78 is 3.32. The lowest BCUT2D eigenvalue weighted by molar-refractivity contribution is 0.0928. The first-order valence-electron chi connectivity index (χ1n) is 6.00. The molecule has 1 atom stereocenters. The van der Waals surface area contributed by atoms with Crippen LogP contribution in [0.5, 0.6) is 0 Å². The molecule has 0 bridgehead atoms. The Bertz CT molecular complexity index is 586. The average Bonchev–Trinajstić information content (AvgIpc) is 2.94. The van der Waals surface area contributed by atoms with Crippen molar-refractivity contribution >= 4 is 11.6 Å². The van der Waals surface area contributed by atoms with Crippen LogP contribution in [0.1, 0.15) is 36.2 Å². The zero-order valence-electron chi connectivity index (χ0n) is 11.2. The SMILES string of the molecule is CCn1ncc(N)c1C(=O)NC(C)c1nncn1C. The standard InChI is InChI=1S/C11H17N7O/c1-4-18-9(8(12)5-14-18)11(19)15-7(2)10-16-13-6-17(10)3/h5-7H,4,12H2,1-3H3,(H,15,19). The lowest BCUT2D eigenvalue weighted by Crippen LogP contribution is -2.30. The molecule has 2 heterocycles. The van der Waals surface area contributed by atoms with Crippen LogP contribution >= 0.6 is 0 Å². The molecule has 0 aliphatic heterocycles. The first-order valence-corrected chi connectivity index (χ1v) is 6.00. The van der Waals surface area contributed by atoms with E-state index >= 15 is 0 Å². The number of nitrogens with one attached hydrogen (secondary N) is 1. The van der Waals surface area contributed by atoms with Gasteiger partial charge in [0.05, 0.1) is 17.9 Å². The summed E-state index contributed by atoms with van der Waals surface area (Å²) in [4.78, 5) is 12.2. The molecular weight excluding hydrogens is 246 g/mol. The number of nitrogen functional groups attached to an aromatic ring is 1. The lowest BCUT2D eigenvalue weighted by Gasteiger charge is -2.13. The number of anilines is 1. The second-order valence-electron chi connectivity index (χ2n) is 4.26. The van der Waals surface area contributed by atoms with Crippen molar-refractivity contribution in [2.75, 3.05) is 5.73 Å². The van der Waals surface area contributed by atoms with Gasteiger partial charge in [-0.25, -0.2) is 0 Å². The molecule has 0 saturated carbocycles. The van der Waals surface area contributed by atoms with E-state index < -0.39 is 0 Å². The van der Waals surface area contributed by atoms with Crippen molar-refractivity contribution < 1.29 is 4.79 Å². The van der Waals surface area contributed by atoms with Gasteiger partial charge in [0.15, 0.2) is 5.82 Å².